The average Bonchev–Trinajstić information content (AvgIpc) is 3.13. The fourth-order valence-electron chi connectivity index (χ4n) is 4.52. The minimum atomic E-state index is -0.818. The number of aromatic hydroxyl groups is 2. The predicted molar refractivity (Wildman–Crippen MR) is 91.5 cm³/mol. The molecule has 1 aromatic heterocycles. The first kappa shape index (κ1) is 16.9. The number of fused-ring (bicyclic) bond motifs is 5. The first-order valence-electron chi connectivity index (χ1n) is 8.48. The Morgan fingerprint density at radius 1 is 1.27 bits per heavy atom. The van der Waals surface area contributed by atoms with E-state index < -0.39 is 16.1 Å². The van der Waals surface area contributed by atoms with Crippen molar-refractivity contribution < 1.29 is 25.0 Å². The third kappa shape index (κ3) is 1.96. The lowest BCUT2D eigenvalue weighted by molar-refractivity contribution is -0.385. The monoisotopic (exact) mass is 360 g/mol. The third-order valence-electron chi connectivity index (χ3n) is 5.68. The lowest BCUT2D eigenvalue weighted by Gasteiger charge is -2.25. The quantitative estimate of drug-likeness (QED) is 0.570. The number of aliphatic hydroxyl groups is 1. The molecule has 1 fully saturated rings. The zero-order valence-electron chi connectivity index (χ0n) is 14.5. The van der Waals surface area contributed by atoms with Crippen molar-refractivity contribution in [1.29, 1.82) is 0 Å². The van der Waals surface area contributed by atoms with Crippen LogP contribution >= 0.6 is 0 Å². The van der Waals surface area contributed by atoms with Crippen LogP contribution in [0.4, 0.5) is 5.69 Å². The maximum absolute atomic E-state index is 11.0. The Kier molecular flexibility index (Phi) is 3.38. The Hall–Kier alpha value is -2.58. The zero-order valence-corrected chi connectivity index (χ0v) is 14.5. The van der Waals surface area contributed by atoms with Crippen LogP contribution in [-0.4, -0.2) is 31.4 Å². The largest absolute Gasteiger partial charge is 0.494 e. The number of hydrogen-bond acceptors (Lipinski definition) is 6. The summed E-state index contributed by atoms with van der Waals surface area (Å²) >= 11 is 0. The van der Waals surface area contributed by atoms with Crippen LogP contribution in [0.15, 0.2) is 18.2 Å². The highest BCUT2D eigenvalue weighted by Crippen LogP contribution is 2.65. The van der Waals surface area contributed by atoms with Crippen molar-refractivity contribution in [1.82, 2.24) is 4.57 Å². The van der Waals surface area contributed by atoms with E-state index in [0.29, 0.717) is 41.6 Å². The number of nitrogens with zero attached hydrogens (tertiary/aromatic N) is 2. The van der Waals surface area contributed by atoms with Crippen molar-refractivity contribution in [3.63, 3.8) is 0 Å². The van der Waals surface area contributed by atoms with Gasteiger partial charge in [-0.15, -0.1) is 0 Å². The normalized spacial score (nSPS) is 26.3. The Balaban J connectivity index is 1.92. The van der Waals surface area contributed by atoms with Gasteiger partial charge in [0, 0.05) is 24.7 Å². The van der Waals surface area contributed by atoms with Crippen LogP contribution in [-0.2, 0) is 15.9 Å². The molecular weight excluding hydrogens is 340 g/mol. The van der Waals surface area contributed by atoms with Gasteiger partial charge in [0.25, 0.3) is 5.69 Å². The molecule has 0 amide bonds. The van der Waals surface area contributed by atoms with Crippen molar-refractivity contribution in [3.05, 3.63) is 45.0 Å². The number of rotatable bonds is 4. The van der Waals surface area contributed by atoms with Gasteiger partial charge in [0.2, 0.25) is 11.8 Å². The number of nitro benzene ring substituents is 1. The van der Waals surface area contributed by atoms with Gasteiger partial charge in [0.05, 0.1) is 27.3 Å². The van der Waals surface area contributed by atoms with Crippen molar-refractivity contribution >= 4 is 5.69 Å². The topological polar surface area (TPSA) is 118 Å². The fraction of sp³-hybridized carbons (Fsp3) is 0.444. The fourth-order valence-corrected chi connectivity index (χ4v) is 4.52. The average molecular weight is 360 g/mol. The molecule has 2 aliphatic rings. The van der Waals surface area contributed by atoms with Gasteiger partial charge in [0.15, 0.2) is 0 Å². The summed E-state index contributed by atoms with van der Waals surface area (Å²) in [6.45, 7) is 3.37. The second-order valence-electron chi connectivity index (χ2n) is 7.26. The van der Waals surface area contributed by atoms with Crippen molar-refractivity contribution in [2.24, 2.45) is 0 Å². The molecule has 1 aromatic carbocycles. The molecule has 8 nitrogen and oxygen atoms in total. The van der Waals surface area contributed by atoms with Crippen LogP contribution in [0.25, 0.3) is 5.69 Å². The summed E-state index contributed by atoms with van der Waals surface area (Å²) in [7, 11) is 0. The number of hydrogen-bond donors (Lipinski definition) is 3. The molecule has 26 heavy (non-hydrogen) atoms. The van der Waals surface area contributed by atoms with Crippen molar-refractivity contribution in [2.75, 3.05) is 6.61 Å². The highest BCUT2D eigenvalue weighted by Gasteiger charge is 2.61. The highest BCUT2D eigenvalue weighted by molar-refractivity contribution is 5.62. The van der Waals surface area contributed by atoms with E-state index in [1.165, 1.54) is 16.7 Å². The maximum atomic E-state index is 11.0. The molecule has 2 aromatic rings. The zero-order chi connectivity index (χ0) is 18.9. The summed E-state index contributed by atoms with van der Waals surface area (Å²) < 4.78 is 7.43. The first-order chi connectivity index (χ1) is 12.2. The van der Waals surface area contributed by atoms with Crippen LogP contribution in [0, 0.1) is 17.0 Å². The van der Waals surface area contributed by atoms with Crippen LogP contribution in [0.2, 0.25) is 0 Å². The van der Waals surface area contributed by atoms with Crippen molar-refractivity contribution in [2.45, 2.75) is 44.3 Å². The summed E-state index contributed by atoms with van der Waals surface area (Å²) in [6.07, 6.45) is 1.65. The van der Waals surface area contributed by atoms with Crippen LogP contribution in [0.3, 0.4) is 0 Å². The minimum absolute atomic E-state index is 0.0282. The van der Waals surface area contributed by atoms with Gasteiger partial charge in [-0.1, -0.05) is 0 Å². The van der Waals surface area contributed by atoms with Gasteiger partial charge < -0.3 is 20.1 Å². The van der Waals surface area contributed by atoms with Crippen molar-refractivity contribution in [3.8, 4) is 17.4 Å². The van der Waals surface area contributed by atoms with E-state index in [9.17, 15) is 25.4 Å². The predicted octanol–water partition coefficient (Wildman–Crippen LogP) is 2.72. The second kappa shape index (κ2) is 5.21. The summed E-state index contributed by atoms with van der Waals surface area (Å²) in [5.41, 5.74) is 0.323. The molecule has 3 heterocycles. The standard InChI is InChI=1S/C18H20N2O6/c1-10-9-11(3-4-12(10)20(24)25)19-15(22)13-14(16(19)23)18(7-8-21)6-5-17(13,2)26-18/h3-4,9,21-23H,5-8H2,1-2H3/t17-,18-/m1/s1. The van der Waals surface area contributed by atoms with Gasteiger partial charge in [-0.2, -0.15) is 0 Å². The van der Waals surface area contributed by atoms with E-state index in [0.717, 1.165) is 0 Å². The molecule has 2 atom stereocenters. The van der Waals surface area contributed by atoms with Gasteiger partial charge in [-0.25, -0.2) is 0 Å². The molecule has 4 rings (SSSR count). The molecule has 0 spiro atoms. The molecule has 3 N–H and O–H groups in total. The van der Waals surface area contributed by atoms with E-state index in [1.807, 2.05) is 6.92 Å². The molecule has 0 aliphatic carbocycles. The van der Waals surface area contributed by atoms with E-state index in [4.69, 9.17) is 4.74 Å². The molecule has 0 unspecified atom stereocenters. The molecular formula is C18H20N2O6. The van der Waals surface area contributed by atoms with Crippen LogP contribution < -0.4 is 0 Å². The lowest BCUT2D eigenvalue weighted by atomic mass is 9.78. The number of aliphatic hydroxyl groups excluding tert-OH is 1. The number of benzene rings is 1. The Morgan fingerprint density at radius 3 is 2.58 bits per heavy atom. The smallest absolute Gasteiger partial charge is 0.272 e. The van der Waals surface area contributed by atoms with Crippen LogP contribution in [0.1, 0.15) is 42.9 Å². The van der Waals surface area contributed by atoms with Gasteiger partial charge in [-0.05, 0) is 38.8 Å². The summed E-state index contributed by atoms with van der Waals surface area (Å²) in [6, 6.07) is 4.39. The molecule has 2 aliphatic heterocycles. The van der Waals surface area contributed by atoms with E-state index in [-0.39, 0.29) is 24.1 Å². The van der Waals surface area contributed by atoms with E-state index in [1.54, 1.807) is 13.0 Å². The molecule has 2 bridgehead atoms. The van der Waals surface area contributed by atoms with E-state index >= 15 is 0 Å². The molecule has 0 radical (unpaired) electrons. The highest BCUT2D eigenvalue weighted by atomic mass is 16.6. The van der Waals surface area contributed by atoms with Gasteiger partial charge >= 0.3 is 0 Å². The summed E-state index contributed by atoms with van der Waals surface area (Å²) in [4.78, 5) is 10.6. The molecule has 0 saturated carbocycles. The number of aromatic nitrogens is 1. The minimum Gasteiger partial charge on any atom is -0.494 e. The lowest BCUT2D eigenvalue weighted by Crippen LogP contribution is -2.24. The molecule has 1 saturated heterocycles. The van der Waals surface area contributed by atoms with E-state index in [2.05, 4.69) is 0 Å². The second-order valence-corrected chi connectivity index (χ2v) is 7.26. The number of nitro groups is 1. The maximum Gasteiger partial charge on any atom is 0.272 e. The Morgan fingerprint density at radius 2 is 1.96 bits per heavy atom. The number of aryl methyl sites for hydroxylation is 1. The SMILES string of the molecule is Cc1cc(-n2c(O)c3c(c2O)[C@@]2(C)CC[C@]3(CCO)O2)ccc1[N+](=O)[O-]. The third-order valence-corrected chi connectivity index (χ3v) is 5.68. The summed E-state index contributed by atoms with van der Waals surface area (Å²) in [5.74, 6) is -0.282. The molecule has 8 heteroatoms. The summed E-state index contributed by atoms with van der Waals surface area (Å²) in [5, 5.41) is 42.2. The molecule has 138 valence electrons. The number of ether oxygens (including phenoxy) is 1. The van der Waals surface area contributed by atoms with Gasteiger partial charge in [0.1, 0.15) is 5.60 Å². The van der Waals surface area contributed by atoms with Gasteiger partial charge in [-0.3, -0.25) is 14.7 Å². The Labute approximate surface area is 149 Å². The van der Waals surface area contributed by atoms with Crippen LogP contribution in [0.5, 0.6) is 11.8 Å². The first-order valence-corrected chi connectivity index (χ1v) is 8.48. The Bertz CT molecular complexity index is 932.